The summed E-state index contributed by atoms with van der Waals surface area (Å²) in [5.41, 5.74) is -1.51. The van der Waals surface area contributed by atoms with Gasteiger partial charge in [0.2, 0.25) is 0 Å². The van der Waals surface area contributed by atoms with E-state index in [1.165, 1.54) is 6.08 Å². The van der Waals surface area contributed by atoms with Crippen molar-refractivity contribution in [2.45, 2.75) is 117 Å². The maximum atomic E-state index is 12.0. The van der Waals surface area contributed by atoms with Gasteiger partial charge in [-0.2, -0.15) is 0 Å². The lowest BCUT2D eigenvalue weighted by Crippen LogP contribution is -2.62. The van der Waals surface area contributed by atoms with Gasteiger partial charge in [0.25, 0.3) is 0 Å². The van der Waals surface area contributed by atoms with Crippen molar-refractivity contribution in [3.8, 4) is 0 Å². The van der Waals surface area contributed by atoms with Gasteiger partial charge in [-0.3, -0.25) is 4.79 Å². The molecule has 0 aromatic heterocycles. The molecule has 0 radical (unpaired) electrons. The second kappa shape index (κ2) is 11.5. The summed E-state index contributed by atoms with van der Waals surface area (Å²) in [5.74, 6) is 0.616. The van der Waals surface area contributed by atoms with E-state index in [0.717, 1.165) is 0 Å². The number of aliphatic hydroxyl groups is 4. The van der Waals surface area contributed by atoms with Gasteiger partial charge in [-0.15, -0.1) is 0 Å². The van der Waals surface area contributed by atoms with E-state index in [-0.39, 0.29) is 24.2 Å². The third-order valence-electron chi connectivity index (χ3n) is 8.88. The van der Waals surface area contributed by atoms with Gasteiger partial charge in [0.15, 0.2) is 18.4 Å². The Morgan fingerprint density at radius 2 is 1.73 bits per heavy atom. The molecule has 37 heavy (non-hydrogen) atoms. The Morgan fingerprint density at radius 3 is 2.32 bits per heavy atom. The van der Waals surface area contributed by atoms with Crippen LogP contribution in [0.2, 0.25) is 0 Å². The first-order valence-corrected chi connectivity index (χ1v) is 13.3. The zero-order valence-corrected chi connectivity index (χ0v) is 23.3. The minimum Gasteiger partial charge on any atom is -0.394 e. The van der Waals surface area contributed by atoms with Crippen molar-refractivity contribution in [1.29, 1.82) is 0 Å². The van der Waals surface area contributed by atoms with Crippen molar-refractivity contribution in [2.75, 3.05) is 6.61 Å². The van der Waals surface area contributed by atoms with Gasteiger partial charge in [-0.1, -0.05) is 40.7 Å². The second-order valence-electron chi connectivity index (χ2n) is 11.9. The Kier molecular flexibility index (Phi) is 9.45. The van der Waals surface area contributed by atoms with E-state index in [1.54, 1.807) is 26.0 Å². The van der Waals surface area contributed by atoms with Crippen LogP contribution in [0.5, 0.6) is 0 Å². The SMILES string of the molecule is CC1=CC(=O)CC(C)(C)C1(O)C=CC(C)OC1OC(CO)C(O)C(O)C1OC1OC(C)C(C)C(C)C1C. The molecule has 9 heteroatoms. The molecule has 1 aliphatic carbocycles. The number of rotatable bonds is 7. The average molecular weight is 527 g/mol. The number of hydrogen-bond acceptors (Lipinski definition) is 9. The van der Waals surface area contributed by atoms with E-state index in [9.17, 15) is 25.2 Å². The van der Waals surface area contributed by atoms with Crippen LogP contribution in [0.25, 0.3) is 0 Å². The molecule has 4 N–H and O–H groups in total. The molecule has 0 spiro atoms. The first kappa shape index (κ1) is 30.4. The zero-order chi connectivity index (χ0) is 27.9. The van der Waals surface area contributed by atoms with Crippen LogP contribution in [0, 0.1) is 23.2 Å². The molecule has 0 bridgehead atoms. The summed E-state index contributed by atoms with van der Waals surface area (Å²) in [5, 5.41) is 42.6. The third kappa shape index (κ3) is 6.04. The standard InChI is InChI=1S/C28H46O9/c1-14-11-20(30)12-27(7,8)28(14,33)10-9-15(2)34-26-24(23(32)22(31)21(13-29)36-26)37-25-18(5)16(3)17(4)19(6)35-25/h9-11,15-19,21-26,29,31-33H,12-13H2,1-8H3. The fourth-order valence-electron chi connectivity index (χ4n) is 5.63. The lowest BCUT2D eigenvalue weighted by molar-refractivity contribution is -0.355. The summed E-state index contributed by atoms with van der Waals surface area (Å²) in [4.78, 5) is 12.0. The van der Waals surface area contributed by atoms with Gasteiger partial charge in [0.1, 0.15) is 30.0 Å². The number of carbonyl (C=O) groups is 1. The summed E-state index contributed by atoms with van der Waals surface area (Å²) < 4.78 is 24.2. The Hall–Kier alpha value is -1.17. The van der Waals surface area contributed by atoms with Crippen LogP contribution >= 0.6 is 0 Å². The molecule has 12 atom stereocenters. The number of ether oxygens (including phenoxy) is 4. The van der Waals surface area contributed by atoms with Crippen molar-refractivity contribution in [3.63, 3.8) is 0 Å². The van der Waals surface area contributed by atoms with E-state index in [4.69, 9.17) is 18.9 Å². The lowest BCUT2D eigenvalue weighted by Gasteiger charge is -2.47. The highest BCUT2D eigenvalue weighted by Gasteiger charge is 2.50. The summed E-state index contributed by atoms with van der Waals surface area (Å²) in [6.45, 7) is 14.9. The van der Waals surface area contributed by atoms with Gasteiger partial charge in [0, 0.05) is 17.8 Å². The van der Waals surface area contributed by atoms with Crippen molar-refractivity contribution >= 4 is 5.78 Å². The largest absolute Gasteiger partial charge is 0.394 e. The first-order valence-electron chi connectivity index (χ1n) is 13.3. The summed E-state index contributed by atoms with van der Waals surface area (Å²) in [6.07, 6.45) is -2.36. The van der Waals surface area contributed by atoms with Crippen LogP contribution in [0.4, 0.5) is 0 Å². The number of carbonyl (C=O) groups excluding carboxylic acids is 1. The van der Waals surface area contributed by atoms with Crippen molar-refractivity contribution in [2.24, 2.45) is 23.2 Å². The normalized spacial score (nSPS) is 45.6. The molecule has 9 nitrogen and oxygen atoms in total. The van der Waals surface area contributed by atoms with Crippen molar-refractivity contribution < 1.29 is 44.2 Å². The van der Waals surface area contributed by atoms with Gasteiger partial charge in [-0.25, -0.2) is 0 Å². The highest BCUT2D eigenvalue weighted by Crippen LogP contribution is 2.44. The predicted molar refractivity (Wildman–Crippen MR) is 136 cm³/mol. The van der Waals surface area contributed by atoms with E-state index < -0.39 is 60.7 Å². The average Bonchev–Trinajstić information content (AvgIpc) is 2.82. The van der Waals surface area contributed by atoms with Crippen LogP contribution in [-0.2, 0) is 23.7 Å². The molecule has 0 saturated carbocycles. The lowest BCUT2D eigenvalue weighted by atomic mass is 9.64. The number of hydrogen-bond donors (Lipinski definition) is 4. The van der Waals surface area contributed by atoms with Gasteiger partial charge >= 0.3 is 0 Å². The Morgan fingerprint density at radius 1 is 1.08 bits per heavy atom. The summed E-state index contributed by atoms with van der Waals surface area (Å²) in [7, 11) is 0. The molecule has 2 heterocycles. The Balaban J connectivity index is 1.80. The van der Waals surface area contributed by atoms with Crippen LogP contribution in [0.1, 0.15) is 61.8 Å². The third-order valence-corrected chi connectivity index (χ3v) is 8.88. The number of allylic oxidation sites excluding steroid dienone is 1. The number of aliphatic hydroxyl groups excluding tert-OH is 3. The quantitative estimate of drug-likeness (QED) is 0.368. The molecule has 3 rings (SSSR count). The van der Waals surface area contributed by atoms with Crippen molar-refractivity contribution in [1.82, 2.24) is 0 Å². The second-order valence-corrected chi connectivity index (χ2v) is 11.9. The molecule has 2 saturated heterocycles. The zero-order valence-electron chi connectivity index (χ0n) is 23.3. The molecule has 0 amide bonds. The summed E-state index contributed by atoms with van der Waals surface area (Å²) in [6, 6.07) is 0. The minimum absolute atomic E-state index is 0.0179. The topological polar surface area (TPSA) is 135 Å². The van der Waals surface area contributed by atoms with Crippen molar-refractivity contribution in [3.05, 3.63) is 23.8 Å². The van der Waals surface area contributed by atoms with Crippen LogP contribution < -0.4 is 0 Å². The number of ketones is 1. The maximum absolute atomic E-state index is 12.0. The molecular weight excluding hydrogens is 480 g/mol. The predicted octanol–water partition coefficient (Wildman–Crippen LogP) is 2.10. The molecule has 12 unspecified atom stereocenters. The van der Waals surface area contributed by atoms with Gasteiger partial charge < -0.3 is 39.4 Å². The van der Waals surface area contributed by atoms with Crippen LogP contribution in [0.15, 0.2) is 23.8 Å². The molecule has 3 aliphatic rings. The molecule has 212 valence electrons. The van der Waals surface area contributed by atoms with Gasteiger partial charge in [0.05, 0.1) is 18.8 Å². The molecule has 2 aliphatic heterocycles. The fourth-order valence-corrected chi connectivity index (χ4v) is 5.63. The molecule has 2 fully saturated rings. The van der Waals surface area contributed by atoms with E-state index in [0.29, 0.717) is 17.4 Å². The molecule has 0 aromatic rings. The monoisotopic (exact) mass is 526 g/mol. The highest BCUT2D eigenvalue weighted by atomic mass is 16.7. The van der Waals surface area contributed by atoms with E-state index in [2.05, 4.69) is 13.8 Å². The highest BCUT2D eigenvalue weighted by molar-refractivity contribution is 5.92. The van der Waals surface area contributed by atoms with E-state index in [1.807, 2.05) is 27.7 Å². The van der Waals surface area contributed by atoms with E-state index >= 15 is 0 Å². The molecule has 0 aromatic carbocycles. The smallest absolute Gasteiger partial charge is 0.187 e. The Labute approximate surface area is 220 Å². The van der Waals surface area contributed by atoms with Crippen LogP contribution in [0.3, 0.4) is 0 Å². The maximum Gasteiger partial charge on any atom is 0.187 e. The van der Waals surface area contributed by atoms with Crippen LogP contribution in [-0.4, -0.2) is 87.6 Å². The first-order chi connectivity index (χ1) is 17.1. The Bertz CT molecular complexity index is 870. The minimum atomic E-state index is -1.38. The fraction of sp³-hybridized carbons (Fsp3) is 0.821. The molecular formula is C28H46O9. The summed E-state index contributed by atoms with van der Waals surface area (Å²) >= 11 is 0. The van der Waals surface area contributed by atoms with Gasteiger partial charge in [-0.05, 0) is 50.3 Å².